The van der Waals surface area contributed by atoms with E-state index in [0.717, 1.165) is 16.3 Å². The summed E-state index contributed by atoms with van der Waals surface area (Å²) in [4.78, 5) is 47.2. The fraction of sp³-hybridized carbons (Fsp3) is 0.143. The number of esters is 1. The molecule has 0 fully saturated rings. The highest BCUT2D eigenvalue weighted by molar-refractivity contribution is 6.33. The zero-order valence-corrected chi connectivity index (χ0v) is 17.5. The van der Waals surface area contributed by atoms with E-state index in [0.29, 0.717) is 0 Å². The molecule has 3 aromatic rings. The lowest BCUT2D eigenvalue weighted by molar-refractivity contribution is -0.384. The second-order valence-corrected chi connectivity index (χ2v) is 7.07. The SMILES string of the molecule is C[C@@H](OC(=O)c1ccc(=O)n(Cc2ccccc2)n1)C(=O)Nc1cc([N+](=O)[O-])ccc1Cl. The Kier molecular flexibility index (Phi) is 6.96. The number of nitro groups is 1. The van der Waals surface area contributed by atoms with Crippen molar-refractivity contribution < 1.29 is 19.2 Å². The maximum Gasteiger partial charge on any atom is 0.359 e. The number of nitro benzene ring substituents is 1. The molecule has 1 N–H and O–H groups in total. The number of anilines is 1. The summed E-state index contributed by atoms with van der Waals surface area (Å²) in [5.41, 5.74) is -0.0122. The molecule has 0 saturated heterocycles. The zero-order chi connectivity index (χ0) is 23.3. The largest absolute Gasteiger partial charge is 0.448 e. The van der Waals surface area contributed by atoms with Crippen LogP contribution in [0.2, 0.25) is 5.02 Å². The predicted molar refractivity (Wildman–Crippen MR) is 116 cm³/mol. The van der Waals surface area contributed by atoms with Crippen LogP contribution < -0.4 is 10.9 Å². The Morgan fingerprint density at radius 3 is 2.59 bits per heavy atom. The van der Waals surface area contributed by atoms with Crippen LogP contribution in [-0.2, 0) is 16.1 Å². The number of hydrogen-bond donors (Lipinski definition) is 1. The zero-order valence-electron chi connectivity index (χ0n) is 16.7. The van der Waals surface area contributed by atoms with Gasteiger partial charge < -0.3 is 10.1 Å². The number of nitrogens with zero attached hydrogens (tertiary/aromatic N) is 3. The molecule has 3 rings (SSSR count). The first-order valence-electron chi connectivity index (χ1n) is 9.32. The standard InChI is InChI=1S/C21H17ClN4O6/c1-13(20(28)23-18-11-15(26(30)31)7-8-16(18)22)32-21(29)17-9-10-19(27)25(24-17)12-14-5-3-2-4-6-14/h2-11,13H,12H2,1H3,(H,23,28)/t13-/m1/s1. The molecule has 0 aliphatic carbocycles. The summed E-state index contributed by atoms with van der Waals surface area (Å²) in [5.74, 6) is -1.67. The molecule has 1 atom stereocenters. The van der Waals surface area contributed by atoms with Crippen molar-refractivity contribution >= 4 is 34.9 Å². The van der Waals surface area contributed by atoms with Crippen molar-refractivity contribution in [3.63, 3.8) is 0 Å². The van der Waals surface area contributed by atoms with Crippen molar-refractivity contribution in [3.05, 3.63) is 97.4 Å². The van der Waals surface area contributed by atoms with E-state index < -0.39 is 28.5 Å². The van der Waals surface area contributed by atoms with Gasteiger partial charge in [0.1, 0.15) is 0 Å². The number of amides is 1. The number of carbonyl (C=O) groups is 2. The average molecular weight is 457 g/mol. The number of rotatable bonds is 7. The molecule has 1 heterocycles. The highest BCUT2D eigenvalue weighted by Crippen LogP contribution is 2.26. The summed E-state index contributed by atoms with van der Waals surface area (Å²) in [6, 6.07) is 15.0. The first kappa shape index (κ1) is 22.6. The van der Waals surface area contributed by atoms with E-state index in [1.54, 1.807) is 0 Å². The van der Waals surface area contributed by atoms with Crippen molar-refractivity contribution in [2.24, 2.45) is 0 Å². The summed E-state index contributed by atoms with van der Waals surface area (Å²) < 4.78 is 6.24. The number of ether oxygens (including phenoxy) is 1. The van der Waals surface area contributed by atoms with Crippen LogP contribution in [0.1, 0.15) is 23.0 Å². The van der Waals surface area contributed by atoms with Crippen LogP contribution in [0.3, 0.4) is 0 Å². The molecule has 2 aromatic carbocycles. The van der Waals surface area contributed by atoms with Gasteiger partial charge in [0.25, 0.3) is 17.2 Å². The van der Waals surface area contributed by atoms with Gasteiger partial charge in [0.15, 0.2) is 11.8 Å². The van der Waals surface area contributed by atoms with Crippen LogP contribution in [0.25, 0.3) is 0 Å². The first-order valence-corrected chi connectivity index (χ1v) is 9.70. The monoisotopic (exact) mass is 456 g/mol. The molecule has 11 heteroatoms. The Labute approximate surface area is 186 Å². The van der Waals surface area contributed by atoms with Crippen LogP contribution in [0.5, 0.6) is 0 Å². The van der Waals surface area contributed by atoms with Gasteiger partial charge in [-0.25, -0.2) is 9.48 Å². The average Bonchev–Trinajstić information content (AvgIpc) is 2.77. The Balaban J connectivity index is 1.69. The lowest BCUT2D eigenvalue weighted by atomic mass is 10.2. The molecular formula is C21H17ClN4O6. The van der Waals surface area contributed by atoms with Crippen LogP contribution >= 0.6 is 11.6 Å². The number of benzene rings is 2. The van der Waals surface area contributed by atoms with E-state index in [1.807, 2.05) is 30.3 Å². The molecule has 0 aliphatic rings. The second-order valence-electron chi connectivity index (χ2n) is 6.66. The number of hydrogen-bond acceptors (Lipinski definition) is 7. The lowest BCUT2D eigenvalue weighted by Crippen LogP contribution is -2.31. The smallest absolute Gasteiger partial charge is 0.359 e. The molecule has 0 unspecified atom stereocenters. The third-order valence-electron chi connectivity index (χ3n) is 4.32. The minimum Gasteiger partial charge on any atom is -0.448 e. The molecular weight excluding hydrogens is 440 g/mol. The molecule has 0 radical (unpaired) electrons. The number of carbonyl (C=O) groups excluding carboxylic acids is 2. The minimum atomic E-state index is -1.27. The maximum absolute atomic E-state index is 12.4. The number of non-ortho nitro benzene ring substituents is 1. The molecule has 0 spiro atoms. The molecule has 1 amide bonds. The van der Waals surface area contributed by atoms with Crippen LogP contribution in [-0.4, -0.2) is 32.7 Å². The summed E-state index contributed by atoms with van der Waals surface area (Å²) in [5, 5.41) is 17.4. The van der Waals surface area contributed by atoms with Crippen molar-refractivity contribution in [2.45, 2.75) is 19.6 Å². The van der Waals surface area contributed by atoms with Crippen LogP contribution in [0.4, 0.5) is 11.4 Å². The van der Waals surface area contributed by atoms with Crippen LogP contribution in [0.15, 0.2) is 65.5 Å². The van der Waals surface area contributed by atoms with Gasteiger partial charge in [-0.2, -0.15) is 5.10 Å². The molecule has 1 aromatic heterocycles. The van der Waals surface area contributed by atoms with Gasteiger partial charge in [-0.3, -0.25) is 19.7 Å². The van der Waals surface area contributed by atoms with Gasteiger partial charge in [-0.1, -0.05) is 41.9 Å². The summed E-state index contributed by atoms with van der Waals surface area (Å²) in [6.07, 6.45) is -1.27. The van der Waals surface area contributed by atoms with Crippen LogP contribution in [0, 0.1) is 10.1 Å². The topological polar surface area (TPSA) is 133 Å². The highest BCUT2D eigenvalue weighted by Gasteiger charge is 2.22. The van der Waals surface area contributed by atoms with E-state index in [2.05, 4.69) is 10.4 Å². The van der Waals surface area contributed by atoms with Crippen molar-refractivity contribution in [3.8, 4) is 0 Å². The molecule has 0 aliphatic heterocycles. The molecule has 0 bridgehead atoms. The fourth-order valence-corrected chi connectivity index (χ4v) is 2.82. The first-order chi connectivity index (χ1) is 15.2. The molecule has 0 saturated carbocycles. The van der Waals surface area contributed by atoms with E-state index >= 15 is 0 Å². The Hall–Kier alpha value is -4.05. The molecule has 164 valence electrons. The number of aromatic nitrogens is 2. The third-order valence-corrected chi connectivity index (χ3v) is 4.65. The van der Waals surface area contributed by atoms with E-state index in [9.17, 15) is 24.5 Å². The van der Waals surface area contributed by atoms with Crippen molar-refractivity contribution in [1.82, 2.24) is 9.78 Å². The van der Waals surface area contributed by atoms with Gasteiger partial charge in [0.2, 0.25) is 0 Å². The fourth-order valence-electron chi connectivity index (χ4n) is 2.66. The molecule has 10 nitrogen and oxygen atoms in total. The highest BCUT2D eigenvalue weighted by atomic mass is 35.5. The molecule has 32 heavy (non-hydrogen) atoms. The maximum atomic E-state index is 12.4. The Morgan fingerprint density at radius 2 is 1.91 bits per heavy atom. The second kappa shape index (κ2) is 9.84. The normalized spacial score (nSPS) is 11.4. The lowest BCUT2D eigenvalue weighted by Gasteiger charge is -2.14. The van der Waals surface area contributed by atoms with Gasteiger partial charge in [0, 0.05) is 18.2 Å². The quantitative estimate of drug-likeness (QED) is 0.328. The van der Waals surface area contributed by atoms with Gasteiger partial charge in [-0.15, -0.1) is 0 Å². The minimum absolute atomic E-state index is 0.00306. The summed E-state index contributed by atoms with van der Waals surface area (Å²) in [6.45, 7) is 1.47. The van der Waals surface area contributed by atoms with Crippen molar-refractivity contribution in [2.75, 3.05) is 5.32 Å². The van der Waals surface area contributed by atoms with E-state index in [4.69, 9.17) is 16.3 Å². The summed E-state index contributed by atoms with van der Waals surface area (Å²) >= 11 is 5.96. The van der Waals surface area contributed by atoms with Gasteiger partial charge in [0.05, 0.1) is 22.2 Å². The predicted octanol–water partition coefficient (Wildman–Crippen LogP) is 3.04. The van der Waals surface area contributed by atoms with Crippen molar-refractivity contribution in [1.29, 1.82) is 0 Å². The number of halogens is 1. The van der Waals surface area contributed by atoms with E-state index in [-0.39, 0.29) is 28.6 Å². The Morgan fingerprint density at radius 1 is 1.19 bits per heavy atom. The van der Waals surface area contributed by atoms with Gasteiger partial charge >= 0.3 is 5.97 Å². The summed E-state index contributed by atoms with van der Waals surface area (Å²) in [7, 11) is 0. The van der Waals surface area contributed by atoms with Gasteiger partial charge in [-0.05, 0) is 24.6 Å². The third kappa shape index (κ3) is 5.55. The Bertz CT molecular complexity index is 1230. The number of nitrogens with one attached hydrogen (secondary N) is 1. The van der Waals surface area contributed by atoms with E-state index in [1.165, 1.54) is 31.2 Å².